The van der Waals surface area contributed by atoms with Crippen LogP contribution in [0, 0.1) is 0 Å². The highest BCUT2D eigenvalue weighted by molar-refractivity contribution is 5.88. The van der Waals surface area contributed by atoms with Gasteiger partial charge in [0.1, 0.15) is 0 Å². The van der Waals surface area contributed by atoms with E-state index in [1.165, 1.54) is 0 Å². The van der Waals surface area contributed by atoms with E-state index in [0.29, 0.717) is 12.3 Å². The summed E-state index contributed by atoms with van der Waals surface area (Å²) in [5, 5.41) is 4.26. The van der Waals surface area contributed by atoms with Gasteiger partial charge < -0.3 is 4.74 Å². The Bertz CT molecular complexity index is 733. The molecule has 1 aromatic carbocycles. The molecule has 0 amide bonds. The predicted molar refractivity (Wildman–Crippen MR) is 66.4 cm³/mol. The smallest absolute Gasteiger partial charge is 0.358 e. The van der Waals surface area contributed by atoms with Gasteiger partial charge in [0.15, 0.2) is 11.3 Å². The molecular weight excluding hydrogens is 230 g/mol. The first-order valence-corrected chi connectivity index (χ1v) is 5.71. The average molecular weight is 241 g/mol. The normalized spacial score (nSPS) is 10.9. The van der Waals surface area contributed by atoms with Crippen LogP contribution in [0.5, 0.6) is 0 Å². The highest BCUT2D eigenvalue weighted by atomic mass is 16.5. The summed E-state index contributed by atoms with van der Waals surface area (Å²) in [5.41, 5.74) is 2.72. The minimum Gasteiger partial charge on any atom is -0.461 e. The number of imidazole rings is 1. The standard InChI is InChI=1S/C13H11N3O2/c1-2-18-13(17)10-7-8-12-14-9-5-3-4-6-11(9)16(12)15-10/h3-8H,2H2,1H3. The van der Waals surface area contributed by atoms with Gasteiger partial charge in [0.05, 0.1) is 17.6 Å². The van der Waals surface area contributed by atoms with Gasteiger partial charge in [-0.15, -0.1) is 0 Å². The van der Waals surface area contributed by atoms with Gasteiger partial charge >= 0.3 is 5.97 Å². The molecule has 0 unspecified atom stereocenters. The van der Waals surface area contributed by atoms with E-state index in [2.05, 4.69) is 10.1 Å². The molecule has 18 heavy (non-hydrogen) atoms. The minimum absolute atomic E-state index is 0.285. The Kier molecular flexibility index (Phi) is 2.44. The topological polar surface area (TPSA) is 56.5 Å². The lowest BCUT2D eigenvalue weighted by Crippen LogP contribution is -2.09. The van der Waals surface area contributed by atoms with E-state index >= 15 is 0 Å². The zero-order chi connectivity index (χ0) is 12.5. The van der Waals surface area contributed by atoms with Crippen LogP contribution in [0.25, 0.3) is 16.7 Å². The van der Waals surface area contributed by atoms with Crippen LogP contribution in [-0.4, -0.2) is 27.2 Å². The Balaban J connectivity index is 2.21. The van der Waals surface area contributed by atoms with E-state index in [1.54, 1.807) is 23.6 Å². The Morgan fingerprint density at radius 3 is 2.94 bits per heavy atom. The molecule has 2 aromatic heterocycles. The number of hydrogen-bond acceptors (Lipinski definition) is 4. The lowest BCUT2D eigenvalue weighted by atomic mass is 10.3. The average Bonchev–Trinajstić information content (AvgIpc) is 2.76. The summed E-state index contributed by atoms with van der Waals surface area (Å²) in [6.45, 7) is 2.10. The van der Waals surface area contributed by atoms with Crippen molar-refractivity contribution in [2.75, 3.05) is 6.61 Å². The van der Waals surface area contributed by atoms with Crippen LogP contribution >= 0.6 is 0 Å². The number of carbonyl (C=O) groups excluding carboxylic acids is 1. The summed E-state index contributed by atoms with van der Waals surface area (Å²) in [5.74, 6) is -0.419. The van der Waals surface area contributed by atoms with E-state index in [-0.39, 0.29) is 5.69 Å². The summed E-state index contributed by atoms with van der Waals surface area (Å²) in [6.07, 6.45) is 0. The quantitative estimate of drug-likeness (QED) is 0.644. The minimum atomic E-state index is -0.419. The Morgan fingerprint density at radius 2 is 2.11 bits per heavy atom. The van der Waals surface area contributed by atoms with Crippen molar-refractivity contribution in [1.82, 2.24) is 14.6 Å². The Labute approximate surface area is 103 Å². The molecule has 0 N–H and O–H groups in total. The predicted octanol–water partition coefficient (Wildman–Crippen LogP) is 2.06. The van der Waals surface area contributed by atoms with Crippen molar-refractivity contribution >= 4 is 22.6 Å². The van der Waals surface area contributed by atoms with Crippen LogP contribution in [0.1, 0.15) is 17.4 Å². The van der Waals surface area contributed by atoms with Crippen LogP contribution in [-0.2, 0) is 4.74 Å². The lowest BCUT2D eigenvalue weighted by Gasteiger charge is -2.01. The third kappa shape index (κ3) is 1.60. The first kappa shape index (κ1) is 10.7. The largest absolute Gasteiger partial charge is 0.461 e. The van der Waals surface area contributed by atoms with E-state index < -0.39 is 5.97 Å². The second kappa shape index (κ2) is 4.10. The molecule has 0 fully saturated rings. The van der Waals surface area contributed by atoms with Crippen molar-refractivity contribution in [1.29, 1.82) is 0 Å². The second-order valence-corrected chi connectivity index (χ2v) is 3.81. The molecule has 0 aliphatic carbocycles. The van der Waals surface area contributed by atoms with Gasteiger partial charge in [-0.05, 0) is 31.2 Å². The van der Waals surface area contributed by atoms with Gasteiger partial charge in [-0.3, -0.25) is 0 Å². The molecule has 0 bridgehead atoms. The SMILES string of the molecule is CCOC(=O)c1ccc2nc3ccccc3n2n1. The van der Waals surface area contributed by atoms with Crippen LogP contribution in [0.2, 0.25) is 0 Å². The molecule has 0 saturated heterocycles. The molecule has 3 aromatic rings. The number of fused-ring (bicyclic) bond motifs is 3. The number of aromatic nitrogens is 3. The zero-order valence-electron chi connectivity index (χ0n) is 9.83. The maximum absolute atomic E-state index is 11.6. The van der Waals surface area contributed by atoms with Crippen LogP contribution in [0.15, 0.2) is 36.4 Å². The van der Waals surface area contributed by atoms with E-state index in [1.807, 2.05) is 24.3 Å². The van der Waals surface area contributed by atoms with Crippen LogP contribution in [0.4, 0.5) is 0 Å². The number of hydrogen-bond donors (Lipinski definition) is 0. The van der Waals surface area contributed by atoms with Gasteiger partial charge in [0.25, 0.3) is 0 Å². The number of carbonyl (C=O) groups is 1. The van der Waals surface area contributed by atoms with Crippen molar-refractivity contribution in [2.24, 2.45) is 0 Å². The monoisotopic (exact) mass is 241 g/mol. The zero-order valence-corrected chi connectivity index (χ0v) is 9.83. The lowest BCUT2D eigenvalue weighted by molar-refractivity contribution is 0.0518. The molecule has 0 spiro atoms. The molecule has 0 atom stereocenters. The summed E-state index contributed by atoms with van der Waals surface area (Å²) in [6, 6.07) is 11.0. The van der Waals surface area contributed by atoms with Crippen molar-refractivity contribution in [3.63, 3.8) is 0 Å². The highest BCUT2D eigenvalue weighted by Crippen LogP contribution is 2.15. The van der Waals surface area contributed by atoms with E-state index in [4.69, 9.17) is 4.74 Å². The fraction of sp³-hybridized carbons (Fsp3) is 0.154. The third-order valence-electron chi connectivity index (χ3n) is 2.64. The Morgan fingerprint density at radius 1 is 1.28 bits per heavy atom. The van der Waals surface area contributed by atoms with Crippen molar-refractivity contribution in [3.8, 4) is 0 Å². The van der Waals surface area contributed by atoms with Gasteiger partial charge in [0.2, 0.25) is 0 Å². The molecule has 5 heteroatoms. The van der Waals surface area contributed by atoms with Crippen molar-refractivity contribution in [3.05, 3.63) is 42.1 Å². The summed E-state index contributed by atoms with van der Waals surface area (Å²) in [7, 11) is 0. The molecule has 0 aliphatic heterocycles. The molecule has 5 nitrogen and oxygen atoms in total. The second-order valence-electron chi connectivity index (χ2n) is 3.81. The summed E-state index contributed by atoms with van der Waals surface area (Å²) < 4.78 is 6.58. The fourth-order valence-electron chi connectivity index (χ4n) is 1.85. The number of benzene rings is 1. The molecule has 2 heterocycles. The van der Waals surface area contributed by atoms with E-state index in [0.717, 1.165) is 11.0 Å². The number of nitrogens with zero attached hydrogens (tertiary/aromatic N) is 3. The molecule has 0 saturated carbocycles. The van der Waals surface area contributed by atoms with Gasteiger partial charge in [-0.1, -0.05) is 12.1 Å². The van der Waals surface area contributed by atoms with Crippen molar-refractivity contribution < 1.29 is 9.53 Å². The molecular formula is C13H11N3O2. The summed E-state index contributed by atoms with van der Waals surface area (Å²) in [4.78, 5) is 16.0. The van der Waals surface area contributed by atoms with Gasteiger partial charge in [-0.25, -0.2) is 14.3 Å². The number of rotatable bonds is 2. The number of ether oxygens (including phenoxy) is 1. The highest BCUT2D eigenvalue weighted by Gasteiger charge is 2.11. The van der Waals surface area contributed by atoms with E-state index in [9.17, 15) is 4.79 Å². The molecule has 0 aliphatic rings. The Hall–Kier alpha value is -2.43. The number of esters is 1. The van der Waals surface area contributed by atoms with Crippen molar-refractivity contribution in [2.45, 2.75) is 6.92 Å². The molecule has 0 radical (unpaired) electrons. The number of para-hydroxylation sites is 2. The fourth-order valence-corrected chi connectivity index (χ4v) is 1.85. The maximum atomic E-state index is 11.6. The summed E-state index contributed by atoms with van der Waals surface area (Å²) >= 11 is 0. The van der Waals surface area contributed by atoms with Gasteiger partial charge in [0, 0.05) is 0 Å². The van der Waals surface area contributed by atoms with Gasteiger partial charge in [-0.2, -0.15) is 5.10 Å². The first-order valence-electron chi connectivity index (χ1n) is 5.71. The first-order chi connectivity index (χ1) is 8.79. The molecule has 90 valence electrons. The maximum Gasteiger partial charge on any atom is 0.358 e. The van der Waals surface area contributed by atoms with Crippen LogP contribution in [0.3, 0.4) is 0 Å². The van der Waals surface area contributed by atoms with Crippen LogP contribution < -0.4 is 0 Å². The third-order valence-corrected chi connectivity index (χ3v) is 2.64. The molecule has 3 rings (SSSR count).